The Labute approximate surface area is 92.8 Å². The Bertz CT molecular complexity index is 499. The molecule has 0 aliphatic carbocycles. The molecule has 0 saturated heterocycles. The highest BCUT2D eigenvalue weighted by Crippen LogP contribution is 2.23. The second kappa shape index (κ2) is 4.22. The van der Waals surface area contributed by atoms with E-state index in [1.54, 1.807) is 18.7 Å². The lowest BCUT2D eigenvalue weighted by molar-refractivity contribution is 0.0698. The van der Waals surface area contributed by atoms with Gasteiger partial charge in [-0.1, -0.05) is 6.92 Å². The van der Waals surface area contributed by atoms with Crippen molar-refractivity contribution in [2.75, 3.05) is 0 Å². The molecule has 0 atom stereocenters. The highest BCUT2D eigenvalue weighted by atomic mass is 16.4. The van der Waals surface area contributed by atoms with E-state index in [4.69, 9.17) is 5.11 Å². The summed E-state index contributed by atoms with van der Waals surface area (Å²) in [7, 11) is 0. The molecule has 0 fully saturated rings. The van der Waals surface area contributed by atoms with Gasteiger partial charge in [0.2, 0.25) is 0 Å². The van der Waals surface area contributed by atoms with Crippen LogP contribution in [0.2, 0.25) is 0 Å². The minimum absolute atomic E-state index is 0.276. The summed E-state index contributed by atoms with van der Waals surface area (Å²) in [6.07, 6.45) is 7.56. The number of aryl methyl sites for hydroxylation is 1. The summed E-state index contributed by atoms with van der Waals surface area (Å²) >= 11 is 0. The van der Waals surface area contributed by atoms with Crippen LogP contribution >= 0.6 is 0 Å². The molecule has 0 spiro atoms. The first-order valence-electron chi connectivity index (χ1n) is 5.14. The van der Waals surface area contributed by atoms with E-state index in [0.717, 1.165) is 18.7 Å². The fourth-order valence-electron chi connectivity index (χ4n) is 1.72. The first-order valence-corrected chi connectivity index (χ1v) is 5.14. The number of nitrogens with one attached hydrogen (secondary N) is 1. The Hall–Kier alpha value is -2.04. The van der Waals surface area contributed by atoms with E-state index < -0.39 is 5.97 Å². The highest BCUT2D eigenvalue weighted by molar-refractivity contribution is 5.95. The molecule has 0 unspecified atom stereocenters. The van der Waals surface area contributed by atoms with Crippen molar-refractivity contribution in [2.24, 2.45) is 0 Å². The summed E-state index contributed by atoms with van der Waals surface area (Å²) in [5.41, 5.74) is 1.79. The molecule has 0 aliphatic heterocycles. The number of H-pyrrole nitrogens is 1. The normalized spacial score (nSPS) is 10.6. The molecule has 0 aliphatic rings. The van der Waals surface area contributed by atoms with Gasteiger partial charge >= 0.3 is 5.97 Å². The number of carboxylic acid groups (broad SMARTS) is 1. The maximum absolute atomic E-state index is 11.0. The zero-order valence-electron chi connectivity index (χ0n) is 8.97. The number of hydrogen-bond donors (Lipinski definition) is 2. The number of aromatic amines is 1. The highest BCUT2D eigenvalue weighted by Gasteiger charge is 2.15. The molecule has 5 heteroatoms. The second-order valence-electron chi connectivity index (χ2n) is 3.56. The fourth-order valence-corrected chi connectivity index (χ4v) is 1.72. The molecule has 5 nitrogen and oxygen atoms in total. The van der Waals surface area contributed by atoms with Crippen molar-refractivity contribution < 1.29 is 9.90 Å². The Morgan fingerprint density at radius 3 is 3.06 bits per heavy atom. The van der Waals surface area contributed by atoms with Crippen LogP contribution in [-0.2, 0) is 6.54 Å². The van der Waals surface area contributed by atoms with Gasteiger partial charge < -0.3 is 14.7 Å². The number of carboxylic acids is 1. The van der Waals surface area contributed by atoms with E-state index in [1.165, 1.54) is 6.20 Å². The lowest BCUT2D eigenvalue weighted by Crippen LogP contribution is -2.01. The van der Waals surface area contributed by atoms with Crippen LogP contribution < -0.4 is 0 Å². The van der Waals surface area contributed by atoms with E-state index >= 15 is 0 Å². The molecule has 0 amide bonds. The van der Waals surface area contributed by atoms with Crippen molar-refractivity contribution >= 4 is 5.97 Å². The van der Waals surface area contributed by atoms with Crippen LogP contribution in [0, 0.1) is 0 Å². The van der Waals surface area contributed by atoms with E-state index in [2.05, 4.69) is 16.9 Å². The first kappa shape index (κ1) is 10.5. The van der Waals surface area contributed by atoms with Crippen molar-refractivity contribution in [1.29, 1.82) is 0 Å². The summed E-state index contributed by atoms with van der Waals surface area (Å²) in [5, 5.41) is 9.02. The van der Waals surface area contributed by atoms with Crippen molar-refractivity contribution in [2.45, 2.75) is 19.9 Å². The van der Waals surface area contributed by atoms with Crippen LogP contribution in [0.25, 0.3) is 11.3 Å². The van der Waals surface area contributed by atoms with Crippen LogP contribution in [0.5, 0.6) is 0 Å². The Kier molecular flexibility index (Phi) is 2.76. The standard InChI is InChI=1S/C11H13N3O2/c1-2-3-14-7-13-6-10(14)8-4-12-5-9(8)11(15)16/h4-7,12H,2-3H2,1H3,(H,15,16). The number of carbonyl (C=O) groups is 1. The number of nitrogens with zero attached hydrogens (tertiary/aromatic N) is 2. The minimum atomic E-state index is -0.930. The van der Waals surface area contributed by atoms with E-state index in [-0.39, 0.29) is 5.56 Å². The molecular formula is C11H13N3O2. The molecule has 0 saturated carbocycles. The molecule has 2 aromatic heterocycles. The third-order valence-electron chi connectivity index (χ3n) is 2.43. The molecule has 84 valence electrons. The summed E-state index contributed by atoms with van der Waals surface area (Å²) < 4.78 is 1.95. The Morgan fingerprint density at radius 1 is 1.56 bits per heavy atom. The maximum atomic E-state index is 11.0. The molecule has 0 aromatic carbocycles. The predicted molar refractivity (Wildman–Crippen MR) is 59.3 cm³/mol. The minimum Gasteiger partial charge on any atom is -0.478 e. The van der Waals surface area contributed by atoms with Gasteiger partial charge in [-0.15, -0.1) is 0 Å². The Balaban J connectivity index is 2.46. The summed E-state index contributed by atoms with van der Waals surface area (Å²) in [6, 6.07) is 0. The van der Waals surface area contributed by atoms with Gasteiger partial charge in [0.25, 0.3) is 0 Å². The van der Waals surface area contributed by atoms with Gasteiger partial charge in [-0.25, -0.2) is 9.78 Å². The quantitative estimate of drug-likeness (QED) is 0.826. The number of aromatic carboxylic acids is 1. The number of aromatic nitrogens is 3. The summed E-state index contributed by atoms with van der Waals surface area (Å²) in [6.45, 7) is 2.90. The monoisotopic (exact) mass is 219 g/mol. The molecule has 0 radical (unpaired) electrons. The van der Waals surface area contributed by atoms with Crippen LogP contribution in [0.1, 0.15) is 23.7 Å². The Morgan fingerprint density at radius 2 is 2.38 bits per heavy atom. The van der Waals surface area contributed by atoms with Gasteiger partial charge in [-0.05, 0) is 6.42 Å². The van der Waals surface area contributed by atoms with Gasteiger partial charge in [0.15, 0.2) is 0 Å². The average molecular weight is 219 g/mol. The number of imidazole rings is 1. The molecule has 2 rings (SSSR count). The van der Waals surface area contributed by atoms with Crippen LogP contribution in [-0.4, -0.2) is 25.6 Å². The van der Waals surface area contributed by atoms with Crippen molar-refractivity contribution in [3.8, 4) is 11.3 Å². The van der Waals surface area contributed by atoms with Crippen molar-refractivity contribution in [3.63, 3.8) is 0 Å². The average Bonchev–Trinajstić information content (AvgIpc) is 2.83. The molecular weight excluding hydrogens is 206 g/mol. The molecule has 2 heterocycles. The van der Waals surface area contributed by atoms with E-state index in [1.807, 2.05) is 4.57 Å². The second-order valence-corrected chi connectivity index (χ2v) is 3.56. The smallest absolute Gasteiger partial charge is 0.337 e. The predicted octanol–water partition coefficient (Wildman–Crippen LogP) is 1.99. The molecule has 0 bridgehead atoms. The van der Waals surface area contributed by atoms with Crippen LogP contribution in [0.4, 0.5) is 0 Å². The topological polar surface area (TPSA) is 70.9 Å². The van der Waals surface area contributed by atoms with Gasteiger partial charge in [0.1, 0.15) is 0 Å². The molecule has 16 heavy (non-hydrogen) atoms. The third-order valence-corrected chi connectivity index (χ3v) is 2.43. The van der Waals surface area contributed by atoms with Gasteiger partial charge in [-0.2, -0.15) is 0 Å². The van der Waals surface area contributed by atoms with E-state index in [9.17, 15) is 4.79 Å². The van der Waals surface area contributed by atoms with Crippen LogP contribution in [0.3, 0.4) is 0 Å². The SMILES string of the molecule is CCCn1cncc1-c1c[nH]cc1C(=O)O. The van der Waals surface area contributed by atoms with Gasteiger partial charge in [0.05, 0.1) is 23.8 Å². The number of rotatable bonds is 4. The summed E-state index contributed by atoms with van der Waals surface area (Å²) in [5.74, 6) is -0.930. The fraction of sp³-hybridized carbons (Fsp3) is 0.273. The largest absolute Gasteiger partial charge is 0.478 e. The molecule has 2 N–H and O–H groups in total. The van der Waals surface area contributed by atoms with Gasteiger partial charge in [0, 0.05) is 24.5 Å². The third kappa shape index (κ3) is 1.71. The van der Waals surface area contributed by atoms with Crippen LogP contribution in [0.15, 0.2) is 24.9 Å². The van der Waals surface area contributed by atoms with Gasteiger partial charge in [-0.3, -0.25) is 0 Å². The number of hydrogen-bond acceptors (Lipinski definition) is 2. The molecule has 2 aromatic rings. The summed E-state index contributed by atoms with van der Waals surface area (Å²) in [4.78, 5) is 17.9. The zero-order valence-corrected chi connectivity index (χ0v) is 8.97. The lowest BCUT2D eigenvalue weighted by atomic mass is 10.1. The first-order chi connectivity index (χ1) is 7.74. The van der Waals surface area contributed by atoms with Crippen molar-refractivity contribution in [1.82, 2.24) is 14.5 Å². The maximum Gasteiger partial charge on any atom is 0.337 e. The lowest BCUT2D eigenvalue weighted by Gasteiger charge is -2.05. The van der Waals surface area contributed by atoms with Crippen molar-refractivity contribution in [3.05, 3.63) is 30.5 Å². The van der Waals surface area contributed by atoms with E-state index in [0.29, 0.717) is 5.56 Å². The zero-order chi connectivity index (χ0) is 11.5.